The summed E-state index contributed by atoms with van der Waals surface area (Å²) in [7, 11) is 3.19. The summed E-state index contributed by atoms with van der Waals surface area (Å²) in [6, 6.07) is 19.1. The second kappa shape index (κ2) is 14.4. The molecule has 4 aromatic rings. The molecule has 0 radical (unpaired) electrons. The van der Waals surface area contributed by atoms with E-state index in [0.29, 0.717) is 26.0 Å². The molecule has 3 aromatic carbocycles. The van der Waals surface area contributed by atoms with E-state index in [1.807, 2.05) is 18.2 Å². The van der Waals surface area contributed by atoms with Crippen molar-refractivity contribution < 1.29 is 37.8 Å². The summed E-state index contributed by atoms with van der Waals surface area (Å²) >= 11 is 5.92. The lowest BCUT2D eigenvalue weighted by atomic mass is 9.67. The minimum atomic E-state index is -1.02. The molecule has 2 heterocycles. The number of benzene rings is 3. The average Bonchev–Trinajstić information content (AvgIpc) is 3.10. The number of esters is 2. The first-order valence-corrected chi connectivity index (χ1v) is 16.4. The van der Waals surface area contributed by atoms with E-state index in [4.69, 9.17) is 25.8 Å². The molecular weight excluding hydrogens is 667 g/mol. The molecule has 0 saturated heterocycles. The first kappa shape index (κ1) is 34.7. The number of hydrogen-bond donors (Lipinski definition) is 0. The third-order valence-corrected chi connectivity index (χ3v) is 9.48. The number of carbonyl (C=O) groups is 4. The molecule has 1 aliphatic heterocycles. The number of amides is 1. The number of fused-ring (bicyclic) bond motifs is 2. The molecule has 0 unspecified atom stereocenters. The van der Waals surface area contributed by atoms with E-state index >= 15 is 0 Å². The third kappa shape index (κ3) is 6.83. The van der Waals surface area contributed by atoms with Crippen molar-refractivity contribution in [1.82, 2.24) is 9.47 Å². The Kier molecular flexibility index (Phi) is 9.99. The molecule has 6 rings (SSSR count). The molecule has 0 bridgehead atoms. The van der Waals surface area contributed by atoms with Crippen molar-refractivity contribution in [2.24, 2.45) is 5.92 Å². The number of aromatic nitrogens is 1. The van der Waals surface area contributed by atoms with E-state index in [9.17, 15) is 28.4 Å². The van der Waals surface area contributed by atoms with Gasteiger partial charge in [0.15, 0.2) is 11.5 Å². The second-order valence-electron chi connectivity index (χ2n) is 12.7. The predicted octanol–water partition coefficient (Wildman–Crippen LogP) is 5.87. The van der Waals surface area contributed by atoms with Crippen molar-refractivity contribution in [2.45, 2.75) is 37.8 Å². The van der Waals surface area contributed by atoms with Crippen LogP contribution in [-0.2, 0) is 28.0 Å². The highest BCUT2D eigenvalue weighted by Gasteiger charge is 2.52. The van der Waals surface area contributed by atoms with Crippen LogP contribution in [0.2, 0.25) is 5.02 Å². The van der Waals surface area contributed by atoms with E-state index in [-0.39, 0.29) is 58.3 Å². The molecule has 10 nitrogen and oxygen atoms in total. The molecule has 258 valence electrons. The van der Waals surface area contributed by atoms with Crippen LogP contribution in [0.15, 0.2) is 83.8 Å². The highest BCUT2D eigenvalue weighted by atomic mass is 35.5. The summed E-state index contributed by atoms with van der Waals surface area (Å²) in [5, 5.41) is -0.0910. The molecule has 1 amide bonds. The Balaban J connectivity index is 1.34. The molecule has 1 fully saturated rings. The Morgan fingerprint density at radius 3 is 2.38 bits per heavy atom. The van der Waals surface area contributed by atoms with Crippen LogP contribution >= 0.6 is 11.6 Å². The van der Waals surface area contributed by atoms with Gasteiger partial charge in [-0.1, -0.05) is 60.1 Å². The topological polar surface area (TPSA) is 121 Å². The molecule has 1 saturated carbocycles. The van der Waals surface area contributed by atoms with Gasteiger partial charge in [0.1, 0.15) is 12.4 Å². The molecule has 1 aliphatic carbocycles. The van der Waals surface area contributed by atoms with Gasteiger partial charge in [-0.3, -0.25) is 14.4 Å². The van der Waals surface area contributed by atoms with Crippen molar-refractivity contribution in [2.75, 3.05) is 27.3 Å². The Morgan fingerprint density at radius 2 is 1.66 bits per heavy atom. The lowest BCUT2D eigenvalue weighted by molar-refractivity contribution is -0.0190. The third-order valence-electron chi connectivity index (χ3n) is 9.19. The smallest absolute Gasteiger partial charge is 0.343 e. The number of pyridine rings is 1. The number of ketones is 1. The van der Waals surface area contributed by atoms with Crippen molar-refractivity contribution in [3.05, 3.63) is 134 Å². The number of nitrogens with zero attached hydrogens (tertiary/aromatic N) is 2. The minimum absolute atomic E-state index is 0.0185. The SMILES string of the molecule is COCC1CC2(C1)CN(C)C(=O)c1c(OC(=O)c3cccc(C(=O)OCc4ccccc4)c3)c(=O)c(C(=O)CCc3cccc(Cl)c3F)cn12. The number of methoxy groups -OCH3 is 1. The standard InChI is InChI=1S/C38H34ClFN2O8/c1-41-22-38(17-24(18-38)20-48-2)42-19-28(30(43)15-14-25-10-7-13-29(39)31(25)40)33(44)34(32(42)35(41)45)50-37(47)27-12-6-11-26(16-27)36(46)49-21-23-8-4-3-5-9-23/h3-13,16,19,24H,14-15,17-18,20-22H2,1-2H3. The van der Waals surface area contributed by atoms with Gasteiger partial charge in [0.25, 0.3) is 5.91 Å². The maximum Gasteiger partial charge on any atom is 0.343 e. The van der Waals surface area contributed by atoms with Gasteiger partial charge in [0, 0.05) is 39.9 Å². The predicted molar refractivity (Wildman–Crippen MR) is 181 cm³/mol. The fraction of sp³-hybridized carbons (Fsp3) is 0.289. The summed E-state index contributed by atoms with van der Waals surface area (Å²) in [6.45, 7) is 0.798. The quantitative estimate of drug-likeness (QED) is 0.141. The summed E-state index contributed by atoms with van der Waals surface area (Å²) in [5.41, 5.74) is -1.14. The summed E-state index contributed by atoms with van der Waals surface area (Å²) in [5.74, 6) is -3.99. The first-order valence-electron chi connectivity index (χ1n) is 16.0. The normalized spacial score (nSPS) is 18.0. The van der Waals surface area contributed by atoms with Crippen LogP contribution in [0.4, 0.5) is 4.39 Å². The fourth-order valence-electron chi connectivity index (χ4n) is 6.78. The zero-order valence-corrected chi connectivity index (χ0v) is 28.2. The second-order valence-corrected chi connectivity index (χ2v) is 13.1. The molecule has 0 N–H and O–H groups in total. The van der Waals surface area contributed by atoms with Crippen LogP contribution in [0.25, 0.3) is 0 Å². The van der Waals surface area contributed by atoms with Crippen LogP contribution in [0.1, 0.15) is 72.0 Å². The largest absolute Gasteiger partial charge is 0.457 e. The zero-order chi connectivity index (χ0) is 35.6. The van der Waals surface area contributed by atoms with Crippen LogP contribution in [-0.4, -0.2) is 60.4 Å². The average molecular weight is 701 g/mol. The van der Waals surface area contributed by atoms with Gasteiger partial charge in [-0.15, -0.1) is 0 Å². The Bertz CT molecular complexity index is 2040. The van der Waals surface area contributed by atoms with Gasteiger partial charge in [0.05, 0.1) is 27.3 Å². The molecule has 2 aliphatic rings. The molecular formula is C38H34ClFN2O8. The van der Waals surface area contributed by atoms with E-state index in [1.54, 1.807) is 36.9 Å². The number of aryl methyl sites for hydroxylation is 1. The van der Waals surface area contributed by atoms with Crippen LogP contribution < -0.4 is 10.2 Å². The molecule has 1 aromatic heterocycles. The van der Waals surface area contributed by atoms with Crippen molar-refractivity contribution in [1.29, 1.82) is 0 Å². The maximum absolute atomic E-state index is 14.6. The number of carbonyl (C=O) groups excluding carboxylic acids is 4. The lowest BCUT2D eigenvalue weighted by Crippen LogP contribution is -2.60. The molecule has 12 heteroatoms. The Morgan fingerprint density at radius 1 is 0.960 bits per heavy atom. The Hall–Kier alpha value is -5.13. The highest BCUT2D eigenvalue weighted by Crippen LogP contribution is 2.48. The van der Waals surface area contributed by atoms with Crippen LogP contribution in [0, 0.1) is 11.7 Å². The molecule has 50 heavy (non-hydrogen) atoms. The first-order chi connectivity index (χ1) is 24.0. The van der Waals surface area contributed by atoms with Crippen molar-refractivity contribution >= 4 is 35.2 Å². The number of hydrogen-bond acceptors (Lipinski definition) is 8. The zero-order valence-electron chi connectivity index (χ0n) is 27.4. The fourth-order valence-corrected chi connectivity index (χ4v) is 6.97. The molecule has 0 atom stereocenters. The van der Waals surface area contributed by atoms with E-state index in [0.717, 1.165) is 5.56 Å². The minimum Gasteiger partial charge on any atom is -0.457 e. The van der Waals surface area contributed by atoms with E-state index in [2.05, 4.69) is 0 Å². The monoisotopic (exact) mass is 700 g/mol. The van der Waals surface area contributed by atoms with Gasteiger partial charge >= 0.3 is 11.9 Å². The van der Waals surface area contributed by atoms with Gasteiger partial charge in [0.2, 0.25) is 11.2 Å². The summed E-state index contributed by atoms with van der Waals surface area (Å²) in [6.07, 6.45) is 2.23. The number of rotatable bonds is 11. The number of halogens is 2. The number of Topliss-reactive ketones (excluding diaryl/α,β-unsaturated/α-hetero) is 1. The van der Waals surface area contributed by atoms with Gasteiger partial charge in [-0.05, 0) is 60.6 Å². The summed E-state index contributed by atoms with van der Waals surface area (Å²) < 4.78 is 32.7. The van der Waals surface area contributed by atoms with E-state index in [1.165, 1.54) is 47.5 Å². The van der Waals surface area contributed by atoms with Gasteiger partial charge in [-0.25, -0.2) is 14.0 Å². The number of likely N-dealkylation sites (N-methyl/N-ethyl adjacent to an activating group) is 1. The Labute approximate surface area is 292 Å². The summed E-state index contributed by atoms with van der Waals surface area (Å²) in [4.78, 5) is 69.3. The van der Waals surface area contributed by atoms with Crippen LogP contribution in [0.3, 0.4) is 0 Å². The van der Waals surface area contributed by atoms with Gasteiger partial charge in [-0.2, -0.15) is 0 Å². The van der Waals surface area contributed by atoms with Crippen molar-refractivity contribution in [3.8, 4) is 5.75 Å². The highest BCUT2D eigenvalue weighted by molar-refractivity contribution is 6.30. The lowest BCUT2D eigenvalue weighted by Gasteiger charge is -2.54. The molecule has 1 spiro atoms. The van der Waals surface area contributed by atoms with Gasteiger partial charge < -0.3 is 23.7 Å². The van der Waals surface area contributed by atoms with E-state index < -0.39 is 46.2 Å². The van der Waals surface area contributed by atoms with Crippen LogP contribution in [0.5, 0.6) is 5.75 Å². The number of ether oxygens (including phenoxy) is 3. The van der Waals surface area contributed by atoms with Crippen molar-refractivity contribution in [3.63, 3.8) is 0 Å². The maximum atomic E-state index is 14.6.